The molecule has 1 aliphatic rings. The molecule has 1 aliphatic carbocycles. The van der Waals surface area contributed by atoms with Crippen molar-refractivity contribution in [1.29, 1.82) is 0 Å². The Bertz CT molecular complexity index is 1260. The summed E-state index contributed by atoms with van der Waals surface area (Å²) < 4.78 is 6.03. The van der Waals surface area contributed by atoms with E-state index in [4.69, 9.17) is 4.74 Å². The number of carbonyl (C=O) groups is 1. The highest BCUT2D eigenvalue weighted by molar-refractivity contribution is 5.86. The van der Waals surface area contributed by atoms with Gasteiger partial charge >= 0.3 is 0 Å². The number of rotatable bonds is 7. The molecule has 0 saturated heterocycles. The fraction of sp³-hybridized carbons (Fsp3) is 0.143. The van der Waals surface area contributed by atoms with Crippen molar-refractivity contribution in [2.24, 2.45) is 11.0 Å². The van der Waals surface area contributed by atoms with Crippen LogP contribution in [0.4, 0.5) is 0 Å². The smallest absolute Gasteiger partial charge is 0.243 e. The van der Waals surface area contributed by atoms with Crippen LogP contribution < -0.4 is 10.2 Å². The van der Waals surface area contributed by atoms with Crippen molar-refractivity contribution in [2.75, 3.05) is 0 Å². The zero-order chi connectivity index (χ0) is 21.8. The van der Waals surface area contributed by atoms with Gasteiger partial charge in [-0.1, -0.05) is 84.9 Å². The number of hydrazone groups is 1. The van der Waals surface area contributed by atoms with Gasteiger partial charge in [0.1, 0.15) is 12.4 Å². The molecule has 158 valence electrons. The zero-order valence-corrected chi connectivity index (χ0v) is 17.6. The molecule has 4 aromatic carbocycles. The van der Waals surface area contributed by atoms with Crippen LogP contribution in [-0.2, 0) is 11.4 Å². The second kappa shape index (κ2) is 9.06. The van der Waals surface area contributed by atoms with Crippen molar-refractivity contribution in [3.63, 3.8) is 0 Å². The van der Waals surface area contributed by atoms with Crippen LogP contribution in [0.1, 0.15) is 29.0 Å². The summed E-state index contributed by atoms with van der Waals surface area (Å²) in [6.45, 7) is 0.487. The summed E-state index contributed by atoms with van der Waals surface area (Å²) in [4.78, 5) is 12.4. The second-order valence-electron chi connectivity index (χ2n) is 8.09. The van der Waals surface area contributed by atoms with E-state index >= 15 is 0 Å². The number of carbonyl (C=O) groups excluding carboxylic acids is 1. The van der Waals surface area contributed by atoms with Crippen LogP contribution in [0.15, 0.2) is 102 Å². The van der Waals surface area contributed by atoms with Crippen LogP contribution in [0.2, 0.25) is 0 Å². The highest BCUT2D eigenvalue weighted by Gasteiger charge is 2.43. The minimum absolute atomic E-state index is 0.00455. The molecule has 0 aliphatic heterocycles. The molecule has 1 saturated carbocycles. The van der Waals surface area contributed by atoms with Gasteiger partial charge in [0.25, 0.3) is 0 Å². The molecular formula is C28H24N2O2. The Labute approximate surface area is 187 Å². The maximum atomic E-state index is 12.4. The van der Waals surface area contributed by atoms with Gasteiger partial charge in [0, 0.05) is 5.92 Å². The van der Waals surface area contributed by atoms with E-state index in [1.54, 1.807) is 6.21 Å². The molecule has 4 aromatic rings. The van der Waals surface area contributed by atoms with Gasteiger partial charge in [-0.15, -0.1) is 0 Å². The standard InChI is InChI=1S/C28H24N2O2/c31-28(27-17-26(27)22-9-2-1-3-10-22)30-29-18-20-8-6-14-24(16-20)32-19-23-13-7-12-21-11-4-5-15-25(21)23/h1-16,18,26-27H,17,19H2,(H,30,31)/b29-18+. The molecule has 32 heavy (non-hydrogen) atoms. The third kappa shape index (κ3) is 4.54. The maximum absolute atomic E-state index is 12.4. The molecule has 0 heterocycles. The molecule has 4 heteroatoms. The second-order valence-corrected chi connectivity index (χ2v) is 8.09. The molecule has 0 spiro atoms. The number of nitrogens with one attached hydrogen (secondary N) is 1. The first-order valence-electron chi connectivity index (χ1n) is 10.9. The van der Waals surface area contributed by atoms with Crippen molar-refractivity contribution in [3.8, 4) is 5.75 Å². The van der Waals surface area contributed by atoms with E-state index in [2.05, 4.69) is 53.0 Å². The lowest BCUT2D eigenvalue weighted by Gasteiger charge is -2.09. The fourth-order valence-electron chi connectivity index (χ4n) is 4.07. The van der Waals surface area contributed by atoms with Gasteiger partial charge in [0.15, 0.2) is 0 Å². The van der Waals surface area contributed by atoms with E-state index < -0.39 is 0 Å². The van der Waals surface area contributed by atoms with Crippen LogP contribution in [0, 0.1) is 5.92 Å². The SMILES string of the molecule is O=C(N/N=C/c1cccc(OCc2cccc3ccccc23)c1)C1CC1c1ccccc1. The van der Waals surface area contributed by atoms with Crippen LogP contribution in [0.25, 0.3) is 10.8 Å². The van der Waals surface area contributed by atoms with Gasteiger partial charge in [-0.3, -0.25) is 4.79 Å². The lowest BCUT2D eigenvalue weighted by atomic mass is 10.1. The first-order valence-corrected chi connectivity index (χ1v) is 10.9. The number of ether oxygens (including phenoxy) is 1. The maximum Gasteiger partial charge on any atom is 0.243 e. The summed E-state index contributed by atoms with van der Waals surface area (Å²) in [7, 11) is 0. The van der Waals surface area contributed by atoms with Crippen LogP contribution in [-0.4, -0.2) is 12.1 Å². The van der Waals surface area contributed by atoms with Crippen molar-refractivity contribution in [2.45, 2.75) is 18.9 Å². The number of hydrogen-bond acceptors (Lipinski definition) is 3. The van der Waals surface area contributed by atoms with Crippen LogP contribution >= 0.6 is 0 Å². The van der Waals surface area contributed by atoms with Gasteiger partial charge in [0.05, 0.1) is 6.21 Å². The largest absolute Gasteiger partial charge is 0.489 e. The molecule has 1 fully saturated rings. The summed E-state index contributed by atoms with van der Waals surface area (Å²) >= 11 is 0. The van der Waals surface area contributed by atoms with Gasteiger partial charge < -0.3 is 4.74 Å². The number of nitrogens with zero attached hydrogens (tertiary/aromatic N) is 1. The first-order chi connectivity index (χ1) is 15.8. The van der Waals surface area contributed by atoms with Crippen molar-refractivity contribution in [1.82, 2.24) is 5.43 Å². The van der Waals surface area contributed by atoms with E-state index in [-0.39, 0.29) is 11.8 Å². The van der Waals surface area contributed by atoms with Crippen molar-refractivity contribution < 1.29 is 9.53 Å². The lowest BCUT2D eigenvalue weighted by Crippen LogP contribution is -2.20. The van der Waals surface area contributed by atoms with Gasteiger partial charge in [0.2, 0.25) is 5.91 Å². The van der Waals surface area contributed by atoms with Crippen LogP contribution in [0.3, 0.4) is 0 Å². The van der Waals surface area contributed by atoms with Gasteiger partial charge in [-0.25, -0.2) is 5.43 Å². The monoisotopic (exact) mass is 420 g/mol. The lowest BCUT2D eigenvalue weighted by molar-refractivity contribution is -0.122. The molecule has 0 bridgehead atoms. The summed E-state index contributed by atoms with van der Waals surface area (Å²) in [6, 6.07) is 32.4. The Morgan fingerprint density at radius 2 is 1.72 bits per heavy atom. The number of fused-ring (bicyclic) bond motifs is 1. The normalized spacial score (nSPS) is 17.4. The molecule has 5 rings (SSSR count). The molecule has 1 N–H and O–H groups in total. The predicted molar refractivity (Wildman–Crippen MR) is 128 cm³/mol. The molecule has 1 amide bonds. The molecule has 0 aromatic heterocycles. The molecule has 4 nitrogen and oxygen atoms in total. The molecule has 2 atom stereocenters. The van der Waals surface area contributed by atoms with E-state index in [1.165, 1.54) is 16.3 Å². The Balaban J connectivity index is 1.17. The van der Waals surface area contributed by atoms with Crippen LogP contribution in [0.5, 0.6) is 5.75 Å². The molecule has 0 radical (unpaired) electrons. The molecule has 2 unspecified atom stereocenters. The zero-order valence-electron chi connectivity index (χ0n) is 17.6. The highest BCUT2D eigenvalue weighted by Crippen LogP contribution is 2.47. The van der Waals surface area contributed by atoms with Gasteiger partial charge in [-0.2, -0.15) is 5.10 Å². The Morgan fingerprint density at radius 3 is 2.62 bits per heavy atom. The first kappa shape index (κ1) is 20.0. The van der Waals surface area contributed by atoms with E-state index in [9.17, 15) is 4.79 Å². The highest BCUT2D eigenvalue weighted by atomic mass is 16.5. The third-order valence-corrected chi connectivity index (χ3v) is 5.88. The quantitative estimate of drug-likeness (QED) is 0.309. The van der Waals surface area contributed by atoms with E-state index in [0.29, 0.717) is 12.5 Å². The number of hydrogen-bond donors (Lipinski definition) is 1. The predicted octanol–water partition coefficient (Wildman–Crippen LogP) is 5.67. The minimum Gasteiger partial charge on any atom is -0.489 e. The van der Waals surface area contributed by atoms with Gasteiger partial charge in [-0.05, 0) is 51.9 Å². The Hall–Kier alpha value is -3.92. The Kier molecular flexibility index (Phi) is 5.67. The Morgan fingerprint density at radius 1 is 0.938 bits per heavy atom. The number of amides is 1. The fourth-order valence-corrected chi connectivity index (χ4v) is 4.07. The summed E-state index contributed by atoms with van der Waals surface area (Å²) in [6.07, 6.45) is 2.53. The van der Waals surface area contributed by atoms with Crippen molar-refractivity contribution >= 4 is 22.9 Å². The molecular weight excluding hydrogens is 396 g/mol. The number of benzene rings is 4. The summed E-state index contributed by atoms with van der Waals surface area (Å²) in [5.41, 5.74) is 5.91. The van der Waals surface area contributed by atoms with E-state index in [0.717, 1.165) is 23.3 Å². The average Bonchev–Trinajstić information content (AvgIpc) is 3.65. The third-order valence-electron chi connectivity index (χ3n) is 5.88. The minimum atomic E-state index is -0.0292. The topological polar surface area (TPSA) is 50.7 Å². The van der Waals surface area contributed by atoms with E-state index in [1.807, 2.05) is 54.6 Å². The average molecular weight is 421 g/mol. The summed E-state index contributed by atoms with van der Waals surface area (Å²) in [5.74, 6) is 1.04. The summed E-state index contributed by atoms with van der Waals surface area (Å²) in [5, 5.41) is 6.55. The van der Waals surface area contributed by atoms with Crippen molar-refractivity contribution in [3.05, 3.63) is 114 Å².